The van der Waals surface area contributed by atoms with Crippen LogP contribution >= 0.6 is 11.3 Å². The van der Waals surface area contributed by atoms with E-state index >= 15 is 0 Å². The van der Waals surface area contributed by atoms with Gasteiger partial charge in [-0.05, 0) is 48.9 Å². The molecule has 5 nitrogen and oxygen atoms in total. The Morgan fingerprint density at radius 1 is 1.36 bits per heavy atom. The zero-order valence-electron chi connectivity index (χ0n) is 14.3. The van der Waals surface area contributed by atoms with Crippen LogP contribution < -0.4 is 5.32 Å². The van der Waals surface area contributed by atoms with Crippen molar-refractivity contribution in [2.45, 2.75) is 32.4 Å². The molecule has 0 fully saturated rings. The number of urea groups is 1. The van der Waals surface area contributed by atoms with Crippen molar-refractivity contribution < 1.29 is 4.79 Å². The summed E-state index contributed by atoms with van der Waals surface area (Å²) in [7, 11) is 0. The first-order chi connectivity index (χ1) is 12.2. The molecule has 1 aliphatic rings. The molecule has 130 valence electrons. The van der Waals surface area contributed by atoms with Crippen molar-refractivity contribution >= 4 is 28.4 Å². The van der Waals surface area contributed by atoms with Gasteiger partial charge in [0.15, 0.2) is 0 Å². The van der Waals surface area contributed by atoms with Crippen molar-refractivity contribution in [2.24, 2.45) is 0 Å². The Bertz CT molecular complexity index is 884. The summed E-state index contributed by atoms with van der Waals surface area (Å²) in [6.07, 6.45) is 3.72. The molecule has 2 aromatic heterocycles. The minimum absolute atomic E-state index is 0.0415. The number of fused-ring (bicyclic) bond motifs is 2. The van der Waals surface area contributed by atoms with Gasteiger partial charge in [-0.1, -0.05) is 12.1 Å². The molecule has 1 N–H and O–H groups in total. The highest BCUT2D eigenvalue weighted by Gasteiger charge is 2.27. The monoisotopic (exact) mass is 354 g/mol. The maximum Gasteiger partial charge on any atom is 0.317 e. The lowest BCUT2D eigenvalue weighted by Crippen LogP contribution is -2.44. The molecule has 3 heterocycles. The van der Waals surface area contributed by atoms with Gasteiger partial charge < -0.3 is 14.8 Å². The molecular formula is C19H22N4OS. The number of carbonyl (C=O) groups is 1. The molecule has 0 saturated heterocycles. The number of para-hydroxylation sites is 2. The van der Waals surface area contributed by atoms with Crippen LogP contribution in [0.15, 0.2) is 42.0 Å². The molecular weight excluding hydrogens is 332 g/mol. The Balaban J connectivity index is 1.30. The van der Waals surface area contributed by atoms with E-state index in [0.29, 0.717) is 6.54 Å². The summed E-state index contributed by atoms with van der Waals surface area (Å²) in [6, 6.07) is 10.5. The lowest BCUT2D eigenvalue weighted by molar-refractivity contribution is 0.175. The smallest absolute Gasteiger partial charge is 0.317 e. The predicted octanol–water partition coefficient (Wildman–Crippen LogP) is 3.82. The van der Waals surface area contributed by atoms with Crippen LogP contribution in [-0.4, -0.2) is 33.6 Å². The summed E-state index contributed by atoms with van der Waals surface area (Å²) >= 11 is 1.80. The van der Waals surface area contributed by atoms with E-state index in [1.54, 1.807) is 11.3 Å². The van der Waals surface area contributed by atoms with Gasteiger partial charge in [0.1, 0.15) is 0 Å². The van der Waals surface area contributed by atoms with Gasteiger partial charge in [-0.2, -0.15) is 0 Å². The minimum atomic E-state index is 0.0415. The van der Waals surface area contributed by atoms with Crippen LogP contribution in [0.5, 0.6) is 0 Å². The van der Waals surface area contributed by atoms with E-state index in [1.807, 2.05) is 29.4 Å². The molecule has 3 aromatic rings. The standard InChI is InChI=1S/C19H22N4OS/c1-14-15-8-12-25-18(15)7-11-23(14)19(24)20-9-4-10-22-13-21-16-5-2-3-6-17(16)22/h2-3,5-6,8,12-14H,4,7,9-11H2,1H3,(H,20,24). The van der Waals surface area contributed by atoms with E-state index in [2.05, 4.69) is 39.3 Å². The SMILES string of the molecule is CC1c2ccsc2CCN1C(=O)NCCCn1cnc2ccccc21. The zero-order chi connectivity index (χ0) is 17.2. The van der Waals surface area contributed by atoms with Crippen LogP contribution in [0.2, 0.25) is 0 Å². The topological polar surface area (TPSA) is 50.2 Å². The van der Waals surface area contributed by atoms with Gasteiger partial charge in [-0.15, -0.1) is 11.3 Å². The number of benzene rings is 1. The number of hydrogen-bond donors (Lipinski definition) is 1. The number of amides is 2. The molecule has 1 atom stereocenters. The molecule has 6 heteroatoms. The van der Waals surface area contributed by atoms with Crippen molar-refractivity contribution in [3.05, 3.63) is 52.5 Å². The second-order valence-corrected chi connectivity index (χ2v) is 7.43. The van der Waals surface area contributed by atoms with Crippen LogP contribution in [0, 0.1) is 0 Å². The van der Waals surface area contributed by atoms with E-state index in [-0.39, 0.29) is 12.1 Å². The molecule has 4 rings (SSSR count). The summed E-state index contributed by atoms with van der Waals surface area (Å²) in [5.74, 6) is 0. The quantitative estimate of drug-likeness (QED) is 0.724. The summed E-state index contributed by atoms with van der Waals surface area (Å²) in [4.78, 5) is 20.3. The number of imidazole rings is 1. The number of nitrogens with one attached hydrogen (secondary N) is 1. The molecule has 1 unspecified atom stereocenters. The number of hydrogen-bond acceptors (Lipinski definition) is 3. The Hall–Kier alpha value is -2.34. The lowest BCUT2D eigenvalue weighted by Gasteiger charge is -2.33. The Kier molecular flexibility index (Phi) is 4.44. The molecule has 25 heavy (non-hydrogen) atoms. The van der Waals surface area contributed by atoms with E-state index in [4.69, 9.17) is 0 Å². The first-order valence-corrected chi connectivity index (χ1v) is 9.62. The highest BCUT2D eigenvalue weighted by Crippen LogP contribution is 2.32. The van der Waals surface area contributed by atoms with Crippen LogP contribution in [-0.2, 0) is 13.0 Å². The zero-order valence-corrected chi connectivity index (χ0v) is 15.1. The molecule has 0 radical (unpaired) electrons. The third-order valence-electron chi connectivity index (χ3n) is 4.92. The summed E-state index contributed by atoms with van der Waals surface area (Å²) in [6.45, 7) is 4.44. The second-order valence-electron chi connectivity index (χ2n) is 6.43. The molecule has 0 saturated carbocycles. The molecule has 1 aliphatic heterocycles. The maximum absolute atomic E-state index is 12.5. The van der Waals surface area contributed by atoms with Crippen LogP contribution in [0.25, 0.3) is 11.0 Å². The third-order valence-corrected chi connectivity index (χ3v) is 5.91. The van der Waals surface area contributed by atoms with Crippen LogP contribution in [0.4, 0.5) is 4.79 Å². The van der Waals surface area contributed by atoms with Crippen LogP contribution in [0.1, 0.15) is 29.8 Å². The van der Waals surface area contributed by atoms with Crippen molar-refractivity contribution in [1.82, 2.24) is 19.8 Å². The average molecular weight is 354 g/mol. The summed E-state index contributed by atoms with van der Waals surface area (Å²) in [5.41, 5.74) is 3.46. The fourth-order valence-electron chi connectivity index (χ4n) is 3.52. The largest absolute Gasteiger partial charge is 0.338 e. The first-order valence-electron chi connectivity index (χ1n) is 8.74. The summed E-state index contributed by atoms with van der Waals surface area (Å²) in [5, 5.41) is 5.20. The predicted molar refractivity (Wildman–Crippen MR) is 101 cm³/mol. The van der Waals surface area contributed by atoms with Crippen LogP contribution in [0.3, 0.4) is 0 Å². The number of carbonyl (C=O) groups excluding carboxylic acids is 1. The maximum atomic E-state index is 12.5. The molecule has 0 bridgehead atoms. The van der Waals surface area contributed by atoms with E-state index in [1.165, 1.54) is 10.4 Å². The van der Waals surface area contributed by atoms with E-state index in [0.717, 1.165) is 37.0 Å². The van der Waals surface area contributed by atoms with Gasteiger partial charge in [0.05, 0.1) is 23.4 Å². The molecule has 0 aliphatic carbocycles. The number of thiophene rings is 1. The van der Waals surface area contributed by atoms with E-state index in [9.17, 15) is 4.79 Å². The fourth-order valence-corrected chi connectivity index (χ4v) is 4.48. The van der Waals surface area contributed by atoms with E-state index < -0.39 is 0 Å². The van der Waals surface area contributed by atoms with Crippen molar-refractivity contribution in [2.75, 3.05) is 13.1 Å². The Morgan fingerprint density at radius 3 is 3.16 bits per heavy atom. The number of rotatable bonds is 4. The summed E-state index contributed by atoms with van der Waals surface area (Å²) < 4.78 is 2.14. The number of aryl methyl sites for hydroxylation is 1. The highest BCUT2D eigenvalue weighted by molar-refractivity contribution is 7.10. The van der Waals surface area contributed by atoms with Gasteiger partial charge in [0, 0.05) is 24.5 Å². The van der Waals surface area contributed by atoms with Crippen molar-refractivity contribution in [1.29, 1.82) is 0 Å². The Labute approximate surface area is 151 Å². The third kappa shape index (κ3) is 3.14. The molecule has 1 aromatic carbocycles. The second kappa shape index (κ2) is 6.88. The fraction of sp³-hybridized carbons (Fsp3) is 0.368. The van der Waals surface area contributed by atoms with Crippen molar-refractivity contribution in [3.63, 3.8) is 0 Å². The minimum Gasteiger partial charge on any atom is -0.338 e. The van der Waals surface area contributed by atoms with Gasteiger partial charge in [-0.25, -0.2) is 9.78 Å². The van der Waals surface area contributed by atoms with Gasteiger partial charge >= 0.3 is 6.03 Å². The molecule has 2 amide bonds. The van der Waals surface area contributed by atoms with Gasteiger partial charge in [0.2, 0.25) is 0 Å². The average Bonchev–Trinajstić information content (AvgIpc) is 3.26. The highest BCUT2D eigenvalue weighted by atomic mass is 32.1. The van der Waals surface area contributed by atoms with Gasteiger partial charge in [-0.3, -0.25) is 0 Å². The number of aromatic nitrogens is 2. The lowest BCUT2D eigenvalue weighted by atomic mass is 10.0. The molecule has 0 spiro atoms. The first kappa shape index (κ1) is 16.1. The van der Waals surface area contributed by atoms with Crippen molar-refractivity contribution in [3.8, 4) is 0 Å². The Morgan fingerprint density at radius 2 is 2.24 bits per heavy atom. The van der Waals surface area contributed by atoms with Gasteiger partial charge in [0.25, 0.3) is 0 Å². The number of nitrogens with zero attached hydrogens (tertiary/aromatic N) is 3. The normalized spacial score (nSPS) is 16.8.